The van der Waals surface area contributed by atoms with E-state index in [0.717, 1.165) is 49.1 Å². The Morgan fingerprint density at radius 1 is 1.26 bits per heavy atom. The number of hydrogen-bond acceptors (Lipinski definition) is 3. The fourth-order valence-corrected chi connectivity index (χ4v) is 2.19. The van der Waals surface area contributed by atoms with Crippen molar-refractivity contribution in [2.24, 2.45) is 0 Å². The Hall–Kier alpha value is -1.55. The molecule has 0 saturated heterocycles. The molecule has 0 unspecified atom stereocenters. The molecule has 19 heavy (non-hydrogen) atoms. The molecular weight excluding hydrogens is 238 g/mol. The number of likely N-dealkylation sites (N-methyl/N-ethyl adjacent to an activating group) is 1. The molecule has 0 fully saturated rings. The number of aromatic hydroxyl groups is 1. The van der Waals surface area contributed by atoms with E-state index < -0.39 is 0 Å². The molecule has 1 aromatic carbocycles. The van der Waals surface area contributed by atoms with E-state index in [1.165, 1.54) is 5.56 Å². The Labute approximate surface area is 114 Å². The first-order valence-corrected chi connectivity index (χ1v) is 6.96. The van der Waals surface area contributed by atoms with Gasteiger partial charge in [0.2, 0.25) is 0 Å². The normalized spacial score (nSPS) is 11.6. The third-order valence-corrected chi connectivity index (χ3v) is 3.35. The van der Waals surface area contributed by atoms with Gasteiger partial charge in [-0.3, -0.25) is 0 Å². The molecule has 4 nitrogen and oxygen atoms in total. The van der Waals surface area contributed by atoms with Crippen molar-refractivity contribution in [3.63, 3.8) is 0 Å². The number of nitrogens with one attached hydrogen (secondary N) is 1. The van der Waals surface area contributed by atoms with Gasteiger partial charge in [0.1, 0.15) is 17.1 Å². The van der Waals surface area contributed by atoms with Crippen molar-refractivity contribution < 1.29 is 5.11 Å². The van der Waals surface area contributed by atoms with Crippen LogP contribution in [0.2, 0.25) is 0 Å². The lowest BCUT2D eigenvalue weighted by Crippen LogP contribution is -2.15. The van der Waals surface area contributed by atoms with Gasteiger partial charge >= 0.3 is 0 Å². The van der Waals surface area contributed by atoms with E-state index in [4.69, 9.17) is 0 Å². The van der Waals surface area contributed by atoms with E-state index in [0.29, 0.717) is 5.75 Å². The summed E-state index contributed by atoms with van der Waals surface area (Å²) >= 11 is 0. The van der Waals surface area contributed by atoms with Gasteiger partial charge in [0.15, 0.2) is 0 Å². The Balaban J connectivity index is 2.31. The summed E-state index contributed by atoms with van der Waals surface area (Å²) in [6.45, 7) is 3.15. The van der Waals surface area contributed by atoms with Crippen LogP contribution in [-0.2, 0) is 12.8 Å². The summed E-state index contributed by atoms with van der Waals surface area (Å²) in [5.74, 6) is 1.27. The van der Waals surface area contributed by atoms with E-state index in [1.54, 1.807) is 6.07 Å². The first-order chi connectivity index (χ1) is 9.11. The zero-order chi connectivity index (χ0) is 13.8. The van der Waals surface area contributed by atoms with Crippen molar-refractivity contribution in [2.75, 3.05) is 20.6 Å². The molecule has 2 aromatic rings. The highest BCUT2D eigenvalue weighted by atomic mass is 16.3. The highest BCUT2D eigenvalue weighted by Gasteiger charge is 2.11. The quantitative estimate of drug-likeness (QED) is 0.840. The number of benzene rings is 1. The molecule has 0 saturated carbocycles. The van der Waals surface area contributed by atoms with Gasteiger partial charge in [0.05, 0.1) is 5.52 Å². The number of aromatic nitrogens is 2. The zero-order valence-corrected chi connectivity index (χ0v) is 12.0. The molecule has 104 valence electrons. The van der Waals surface area contributed by atoms with Crippen LogP contribution >= 0.6 is 0 Å². The first kappa shape index (κ1) is 13.9. The lowest BCUT2D eigenvalue weighted by atomic mass is 10.1. The summed E-state index contributed by atoms with van der Waals surface area (Å²) in [6, 6.07) is 3.74. The fraction of sp³-hybridized carbons (Fsp3) is 0.533. The van der Waals surface area contributed by atoms with Crippen molar-refractivity contribution in [3.05, 3.63) is 23.5 Å². The maximum atomic E-state index is 9.93. The van der Waals surface area contributed by atoms with Crippen LogP contribution in [0, 0.1) is 0 Å². The standard InChI is InChI=1S/C15H23N3O/c1-4-5-6-13-16-14-11(9-10-18(2)3)7-8-12(19)15(14)17-13/h7-8,19H,4-6,9-10H2,1-3H3,(H,16,17). The molecular formula is C15H23N3O. The van der Waals surface area contributed by atoms with E-state index in [-0.39, 0.29) is 0 Å². The predicted octanol–water partition coefficient (Wildman–Crippen LogP) is 2.72. The molecule has 0 atom stereocenters. The van der Waals surface area contributed by atoms with E-state index in [9.17, 15) is 5.11 Å². The second kappa shape index (κ2) is 6.06. The van der Waals surface area contributed by atoms with E-state index in [2.05, 4.69) is 35.9 Å². The largest absolute Gasteiger partial charge is 0.506 e. The van der Waals surface area contributed by atoms with Gasteiger partial charge in [-0.15, -0.1) is 0 Å². The van der Waals surface area contributed by atoms with Gasteiger partial charge in [0.25, 0.3) is 0 Å². The number of fused-ring (bicyclic) bond motifs is 1. The van der Waals surface area contributed by atoms with Crippen LogP contribution in [0.15, 0.2) is 12.1 Å². The fourth-order valence-electron chi connectivity index (χ4n) is 2.19. The number of nitrogens with zero attached hydrogens (tertiary/aromatic N) is 2. The second-order valence-corrected chi connectivity index (χ2v) is 5.31. The lowest BCUT2D eigenvalue weighted by Gasteiger charge is -2.09. The molecule has 0 spiro atoms. The van der Waals surface area contributed by atoms with E-state index in [1.807, 2.05) is 6.07 Å². The molecule has 0 aliphatic carbocycles. The minimum absolute atomic E-state index is 0.291. The Kier molecular flexibility index (Phi) is 4.43. The third-order valence-electron chi connectivity index (χ3n) is 3.35. The van der Waals surface area contributed by atoms with Crippen LogP contribution in [0.4, 0.5) is 0 Å². The number of imidazole rings is 1. The summed E-state index contributed by atoms with van der Waals surface area (Å²) in [5.41, 5.74) is 2.90. The molecule has 4 heteroatoms. The Bertz CT molecular complexity index is 546. The molecule has 0 amide bonds. The van der Waals surface area contributed by atoms with Gasteiger partial charge < -0.3 is 15.0 Å². The molecule has 2 rings (SSSR count). The number of unbranched alkanes of at least 4 members (excludes halogenated alkanes) is 1. The number of hydrogen-bond donors (Lipinski definition) is 2. The number of phenolic OH excluding ortho intramolecular Hbond substituents is 1. The number of H-pyrrole nitrogens is 1. The van der Waals surface area contributed by atoms with Crippen molar-refractivity contribution >= 4 is 11.0 Å². The predicted molar refractivity (Wildman–Crippen MR) is 78.6 cm³/mol. The number of rotatable bonds is 6. The Morgan fingerprint density at radius 3 is 2.74 bits per heavy atom. The van der Waals surface area contributed by atoms with E-state index >= 15 is 0 Å². The average Bonchev–Trinajstić information content (AvgIpc) is 2.80. The SMILES string of the molecule is CCCCc1nc2c(CCN(C)C)ccc(O)c2[nH]1. The summed E-state index contributed by atoms with van der Waals surface area (Å²) in [6.07, 6.45) is 4.16. The maximum Gasteiger partial charge on any atom is 0.141 e. The van der Waals surface area contributed by atoms with Crippen LogP contribution in [0.25, 0.3) is 11.0 Å². The average molecular weight is 261 g/mol. The van der Waals surface area contributed by atoms with Crippen molar-refractivity contribution in [1.29, 1.82) is 0 Å². The number of phenols is 1. The van der Waals surface area contributed by atoms with Gasteiger partial charge in [-0.2, -0.15) is 0 Å². The minimum Gasteiger partial charge on any atom is -0.506 e. The third kappa shape index (κ3) is 3.26. The number of aromatic amines is 1. The molecule has 1 heterocycles. The number of aryl methyl sites for hydroxylation is 1. The highest BCUT2D eigenvalue weighted by molar-refractivity contribution is 5.84. The van der Waals surface area contributed by atoms with Crippen LogP contribution < -0.4 is 0 Å². The summed E-state index contributed by atoms with van der Waals surface area (Å²) in [4.78, 5) is 10.1. The van der Waals surface area contributed by atoms with Crippen molar-refractivity contribution in [1.82, 2.24) is 14.9 Å². The summed E-state index contributed by atoms with van der Waals surface area (Å²) in [7, 11) is 4.13. The monoisotopic (exact) mass is 261 g/mol. The highest BCUT2D eigenvalue weighted by Crippen LogP contribution is 2.26. The van der Waals surface area contributed by atoms with Crippen molar-refractivity contribution in [3.8, 4) is 5.75 Å². The molecule has 0 aliphatic heterocycles. The molecule has 0 radical (unpaired) electrons. The summed E-state index contributed by atoms with van der Waals surface area (Å²) in [5, 5.41) is 9.93. The second-order valence-electron chi connectivity index (χ2n) is 5.31. The zero-order valence-electron chi connectivity index (χ0n) is 12.0. The first-order valence-electron chi connectivity index (χ1n) is 6.96. The molecule has 0 bridgehead atoms. The Morgan fingerprint density at radius 2 is 2.05 bits per heavy atom. The van der Waals surface area contributed by atoms with Gasteiger partial charge in [0, 0.05) is 13.0 Å². The van der Waals surface area contributed by atoms with Gasteiger partial charge in [-0.1, -0.05) is 19.4 Å². The van der Waals surface area contributed by atoms with Gasteiger partial charge in [-0.05, 0) is 38.6 Å². The smallest absolute Gasteiger partial charge is 0.141 e. The molecule has 0 aliphatic rings. The van der Waals surface area contributed by atoms with Crippen molar-refractivity contribution in [2.45, 2.75) is 32.6 Å². The topological polar surface area (TPSA) is 52.1 Å². The van der Waals surface area contributed by atoms with Crippen LogP contribution in [0.3, 0.4) is 0 Å². The molecule has 2 N–H and O–H groups in total. The van der Waals surface area contributed by atoms with Crippen LogP contribution in [0.1, 0.15) is 31.2 Å². The lowest BCUT2D eigenvalue weighted by molar-refractivity contribution is 0.414. The molecule has 1 aromatic heterocycles. The minimum atomic E-state index is 0.291. The van der Waals surface area contributed by atoms with Crippen LogP contribution in [-0.4, -0.2) is 40.6 Å². The summed E-state index contributed by atoms with van der Waals surface area (Å²) < 4.78 is 0. The maximum absolute atomic E-state index is 9.93. The van der Waals surface area contributed by atoms with Gasteiger partial charge in [-0.25, -0.2) is 4.98 Å². The van der Waals surface area contributed by atoms with Crippen LogP contribution in [0.5, 0.6) is 5.75 Å².